The molecule has 2 fully saturated rings. The van der Waals surface area contributed by atoms with Crippen LogP contribution in [0.3, 0.4) is 0 Å². The molecule has 5 heterocycles. The van der Waals surface area contributed by atoms with Gasteiger partial charge in [0, 0.05) is 61.3 Å². The molecule has 0 saturated carbocycles. The Kier molecular flexibility index (Phi) is 6.53. The van der Waals surface area contributed by atoms with Crippen molar-refractivity contribution in [2.75, 3.05) is 39.8 Å². The van der Waals surface area contributed by atoms with Gasteiger partial charge in [0.05, 0.1) is 30.6 Å². The van der Waals surface area contributed by atoms with E-state index in [0.29, 0.717) is 11.8 Å². The number of carbonyl (C=O) groups excluding carboxylic acids is 1. The van der Waals surface area contributed by atoms with Gasteiger partial charge in [-0.05, 0) is 68.8 Å². The molecule has 8 heteroatoms. The number of rotatable bonds is 8. The number of esters is 1. The zero-order valence-electron chi connectivity index (χ0n) is 22.5. The Morgan fingerprint density at radius 3 is 2.74 bits per heavy atom. The predicted octanol–water partition coefficient (Wildman–Crippen LogP) is 4.22. The molecule has 6 rings (SSSR count). The van der Waals surface area contributed by atoms with Crippen LogP contribution in [0.2, 0.25) is 0 Å². The maximum Gasteiger partial charge on any atom is 0.306 e. The zero-order chi connectivity index (χ0) is 26.3. The largest absolute Gasteiger partial charge is 0.469 e. The zero-order valence-corrected chi connectivity index (χ0v) is 22.5. The average Bonchev–Trinajstić information content (AvgIpc) is 3.61. The van der Waals surface area contributed by atoms with Crippen LogP contribution in [0.5, 0.6) is 0 Å². The first-order valence-corrected chi connectivity index (χ1v) is 13.5. The van der Waals surface area contributed by atoms with Gasteiger partial charge in [-0.15, -0.1) is 0 Å². The Bertz CT molecular complexity index is 1450. The minimum absolute atomic E-state index is 0.0749. The quantitative estimate of drug-likeness (QED) is 0.356. The van der Waals surface area contributed by atoms with Crippen LogP contribution in [0.15, 0.2) is 54.7 Å². The maximum absolute atomic E-state index is 12.4. The topological polar surface area (TPSA) is 79.3 Å². The Morgan fingerprint density at radius 2 is 1.95 bits per heavy atom. The van der Waals surface area contributed by atoms with Crippen LogP contribution in [-0.2, 0) is 16.1 Å². The van der Waals surface area contributed by atoms with Crippen LogP contribution in [0.25, 0.3) is 16.7 Å². The highest BCUT2D eigenvalue weighted by Crippen LogP contribution is 2.41. The summed E-state index contributed by atoms with van der Waals surface area (Å²) in [7, 11) is 1.47. The molecule has 198 valence electrons. The fraction of sp³-hybridized carbons (Fsp3) is 0.433. The minimum Gasteiger partial charge on any atom is -0.469 e. The maximum atomic E-state index is 12.4. The molecule has 0 radical (unpaired) electrons. The van der Waals surface area contributed by atoms with E-state index in [1.54, 1.807) is 0 Å². The van der Waals surface area contributed by atoms with Gasteiger partial charge in [-0.1, -0.05) is 12.1 Å². The third kappa shape index (κ3) is 4.98. The summed E-state index contributed by atoms with van der Waals surface area (Å²) in [6.45, 7) is 10.2. The second kappa shape index (κ2) is 10.0. The summed E-state index contributed by atoms with van der Waals surface area (Å²) < 4.78 is 7.04. The van der Waals surface area contributed by atoms with Crippen LogP contribution >= 0.6 is 0 Å². The lowest BCUT2D eigenvalue weighted by molar-refractivity contribution is -0.141. The van der Waals surface area contributed by atoms with Gasteiger partial charge in [-0.25, -0.2) is 9.67 Å². The van der Waals surface area contributed by atoms with Crippen LogP contribution in [0, 0.1) is 19.3 Å². The van der Waals surface area contributed by atoms with Crippen LogP contribution in [0.4, 0.5) is 0 Å². The highest BCUT2D eigenvalue weighted by molar-refractivity contribution is 5.75. The first-order chi connectivity index (χ1) is 18.4. The van der Waals surface area contributed by atoms with E-state index < -0.39 is 0 Å². The van der Waals surface area contributed by atoms with Gasteiger partial charge >= 0.3 is 5.97 Å². The van der Waals surface area contributed by atoms with Gasteiger partial charge in [-0.3, -0.25) is 9.69 Å². The second-order valence-electron chi connectivity index (χ2n) is 11.3. The van der Waals surface area contributed by atoms with Gasteiger partial charge in [0.25, 0.3) is 0 Å². The standard InChI is InChI=1S/C30H36N6O2/c1-21-13-22(2)36(33-21)27-6-4-5-24(14-27)25(15-28(37)38-3)16-35-19-30(20-35)10-12-34(18-30)17-26-8-7-23-9-11-31-29(23)32-26/h4-9,11,13-14,25H,10,12,15-20H2,1-3H3,(H,31,32)/t25-/m1/s1. The smallest absolute Gasteiger partial charge is 0.306 e. The number of fused-ring (bicyclic) bond motifs is 1. The number of benzene rings is 1. The van der Waals surface area contributed by atoms with E-state index in [0.717, 1.165) is 78.6 Å². The number of aryl methyl sites for hydroxylation is 2. The summed E-state index contributed by atoms with van der Waals surface area (Å²) in [5, 5.41) is 5.80. The third-order valence-corrected chi connectivity index (χ3v) is 8.20. The molecule has 1 spiro atoms. The highest BCUT2D eigenvalue weighted by Gasteiger charge is 2.47. The molecule has 1 atom stereocenters. The molecular weight excluding hydrogens is 476 g/mol. The fourth-order valence-corrected chi connectivity index (χ4v) is 6.43. The van der Waals surface area contributed by atoms with Gasteiger partial charge in [-0.2, -0.15) is 5.10 Å². The van der Waals surface area contributed by atoms with E-state index in [2.05, 4.69) is 75.3 Å². The first kappa shape index (κ1) is 24.8. The van der Waals surface area contributed by atoms with Crippen molar-refractivity contribution in [2.45, 2.75) is 39.2 Å². The molecule has 0 aliphatic carbocycles. The molecule has 2 aliphatic rings. The Hall–Kier alpha value is -3.49. The van der Waals surface area contributed by atoms with Gasteiger partial charge in [0.15, 0.2) is 0 Å². The second-order valence-corrected chi connectivity index (χ2v) is 11.3. The number of ether oxygens (including phenoxy) is 1. The molecular formula is C30H36N6O2. The lowest BCUT2D eigenvalue weighted by atomic mass is 9.78. The normalized spacial score (nSPS) is 18.2. The first-order valence-electron chi connectivity index (χ1n) is 13.5. The summed E-state index contributed by atoms with van der Waals surface area (Å²) in [6, 6.07) is 16.9. The average molecular weight is 513 g/mol. The van der Waals surface area contributed by atoms with Crippen LogP contribution in [0.1, 0.15) is 41.4 Å². The van der Waals surface area contributed by atoms with Crippen LogP contribution in [-0.4, -0.2) is 75.4 Å². The number of carbonyl (C=O) groups is 1. The predicted molar refractivity (Wildman–Crippen MR) is 147 cm³/mol. The van der Waals surface area contributed by atoms with E-state index in [4.69, 9.17) is 9.72 Å². The number of nitrogens with one attached hydrogen (secondary N) is 1. The van der Waals surface area contributed by atoms with Gasteiger partial charge in [0.1, 0.15) is 5.65 Å². The molecule has 3 aromatic heterocycles. The number of nitrogens with zero attached hydrogens (tertiary/aromatic N) is 5. The number of pyridine rings is 1. The summed E-state index contributed by atoms with van der Waals surface area (Å²) in [4.78, 5) is 25.4. The Balaban J connectivity index is 1.11. The van der Waals surface area contributed by atoms with Crippen molar-refractivity contribution in [3.63, 3.8) is 0 Å². The lowest BCUT2D eigenvalue weighted by Gasteiger charge is -2.49. The minimum atomic E-state index is -0.166. The molecule has 38 heavy (non-hydrogen) atoms. The van der Waals surface area contributed by atoms with Gasteiger partial charge < -0.3 is 14.6 Å². The summed E-state index contributed by atoms with van der Waals surface area (Å²) in [5.74, 6) is -0.0914. The molecule has 0 unspecified atom stereocenters. The Labute approximate surface area is 223 Å². The summed E-state index contributed by atoms with van der Waals surface area (Å²) >= 11 is 0. The number of hydrogen-bond acceptors (Lipinski definition) is 6. The van der Waals surface area contributed by atoms with Crippen molar-refractivity contribution in [1.29, 1.82) is 0 Å². The van der Waals surface area contributed by atoms with E-state index in [1.165, 1.54) is 13.5 Å². The number of methoxy groups -OCH3 is 1. The third-order valence-electron chi connectivity index (χ3n) is 8.20. The molecule has 2 aliphatic heterocycles. The molecule has 4 aromatic rings. The van der Waals surface area contributed by atoms with Crippen molar-refractivity contribution >= 4 is 17.0 Å². The van der Waals surface area contributed by atoms with E-state index in [-0.39, 0.29) is 11.9 Å². The molecule has 1 N–H and O–H groups in total. The summed E-state index contributed by atoms with van der Waals surface area (Å²) in [5.41, 5.74) is 6.70. The van der Waals surface area contributed by atoms with Crippen molar-refractivity contribution in [3.05, 3.63) is 77.4 Å². The van der Waals surface area contributed by atoms with Crippen molar-refractivity contribution in [2.24, 2.45) is 5.41 Å². The molecule has 0 amide bonds. The highest BCUT2D eigenvalue weighted by atomic mass is 16.5. The fourth-order valence-electron chi connectivity index (χ4n) is 6.43. The summed E-state index contributed by atoms with van der Waals surface area (Å²) in [6.07, 6.45) is 3.53. The van der Waals surface area contributed by atoms with Crippen LogP contribution < -0.4 is 0 Å². The Morgan fingerprint density at radius 1 is 1.11 bits per heavy atom. The number of aromatic amines is 1. The number of hydrogen-bond donors (Lipinski definition) is 1. The number of H-pyrrole nitrogens is 1. The molecule has 8 nitrogen and oxygen atoms in total. The molecule has 0 bridgehead atoms. The molecule has 1 aromatic carbocycles. The monoisotopic (exact) mass is 512 g/mol. The van der Waals surface area contributed by atoms with E-state index in [9.17, 15) is 4.79 Å². The van der Waals surface area contributed by atoms with E-state index in [1.807, 2.05) is 17.8 Å². The van der Waals surface area contributed by atoms with Crippen molar-refractivity contribution in [3.8, 4) is 5.69 Å². The van der Waals surface area contributed by atoms with Crippen molar-refractivity contribution < 1.29 is 9.53 Å². The van der Waals surface area contributed by atoms with E-state index >= 15 is 0 Å². The van der Waals surface area contributed by atoms with Gasteiger partial charge in [0.2, 0.25) is 0 Å². The lowest BCUT2D eigenvalue weighted by Crippen LogP contribution is -2.58. The SMILES string of the molecule is COC(=O)C[C@H](CN1CC2(CCN(Cc3ccc4cc[nH]c4n3)C2)C1)c1cccc(-n2nc(C)cc2C)c1. The molecule has 2 saturated heterocycles. The van der Waals surface area contributed by atoms with Crippen molar-refractivity contribution in [1.82, 2.24) is 29.5 Å². The number of likely N-dealkylation sites (tertiary alicyclic amines) is 2. The number of aromatic nitrogens is 4.